The van der Waals surface area contributed by atoms with Gasteiger partial charge in [-0.15, -0.1) is 0 Å². The second-order valence-corrected chi connectivity index (χ2v) is 21.3. The van der Waals surface area contributed by atoms with Gasteiger partial charge in [0, 0.05) is 6.42 Å². The number of phosphoric ester groups is 1. The van der Waals surface area contributed by atoms with Crippen LogP contribution < -0.4 is 10.2 Å². The van der Waals surface area contributed by atoms with Crippen LogP contribution in [0.3, 0.4) is 0 Å². The minimum Gasteiger partial charge on any atom is -0.756 e. The molecule has 406 valence electrons. The fourth-order valence-corrected chi connectivity index (χ4v) is 8.20. The van der Waals surface area contributed by atoms with E-state index in [1.807, 2.05) is 27.2 Å². The fraction of sp³-hybridized carbons (Fsp3) is 0.661. The molecule has 0 aliphatic heterocycles. The number of hydrogen-bond acceptors (Lipinski definition) is 6. The topological polar surface area (TPSA) is 108 Å². The first-order chi connectivity index (χ1) is 34.5. The van der Waals surface area contributed by atoms with Crippen LogP contribution in [-0.2, 0) is 18.4 Å². The van der Waals surface area contributed by atoms with Crippen LogP contribution in [0.15, 0.2) is 122 Å². The first-order valence-corrected chi connectivity index (χ1v) is 29.9. The molecule has 0 bridgehead atoms. The lowest BCUT2D eigenvalue weighted by atomic mass is 10.0. The average Bonchev–Trinajstić information content (AvgIpc) is 3.33. The van der Waals surface area contributed by atoms with Crippen molar-refractivity contribution >= 4 is 13.7 Å². The van der Waals surface area contributed by atoms with Crippen molar-refractivity contribution in [2.75, 3.05) is 40.9 Å². The minimum absolute atomic E-state index is 0.0220. The number of rotatable bonds is 50. The standard InChI is InChI=1S/C62H107N2O6P/c1-6-8-10-12-14-16-18-20-22-24-26-28-30-31-32-33-34-36-38-40-42-44-46-48-50-52-54-56-62(66)63-60(59-70-71(67,68)69-58-57-64(3,4)5)61(65)55-53-51-49-47-45-43-41-39-37-35-29-27-25-23-21-19-17-15-13-11-9-7-2/h8,10,14,16,20,22,26,28,31-32,34,36,40,42,45-48,53,55,60-61,65H,6-7,9,11-13,15,17-19,21,23-25,27,29-30,33,35,37-39,41,43-44,49-52,54,56-59H2,1-5H3,(H-,63,66,67,68)/b10-8-,16-14-,22-20-,28-26-,32-31-,36-34-,42-40-,47-45+,48-46-,55-53+. The normalized spacial score (nSPS) is 14.9. The molecule has 0 aromatic carbocycles. The molecule has 9 heteroatoms. The Hall–Kier alpha value is -3.10. The zero-order chi connectivity index (χ0) is 52.0. The Morgan fingerprint density at radius 2 is 0.873 bits per heavy atom. The molecule has 0 heterocycles. The summed E-state index contributed by atoms with van der Waals surface area (Å²) in [5.74, 6) is -0.254. The van der Waals surface area contributed by atoms with E-state index in [0.717, 1.165) is 83.5 Å². The molecule has 71 heavy (non-hydrogen) atoms. The maximum absolute atomic E-state index is 12.9. The number of aliphatic hydroxyl groups excluding tert-OH is 1. The molecule has 3 atom stereocenters. The lowest BCUT2D eigenvalue weighted by molar-refractivity contribution is -0.870. The number of carbonyl (C=O) groups is 1. The van der Waals surface area contributed by atoms with Crippen molar-refractivity contribution in [3.8, 4) is 0 Å². The van der Waals surface area contributed by atoms with Gasteiger partial charge in [-0.2, -0.15) is 0 Å². The van der Waals surface area contributed by atoms with Gasteiger partial charge in [-0.05, 0) is 96.3 Å². The predicted octanol–water partition coefficient (Wildman–Crippen LogP) is 16.7. The number of hydrogen-bond donors (Lipinski definition) is 2. The second-order valence-electron chi connectivity index (χ2n) is 19.9. The highest BCUT2D eigenvalue weighted by atomic mass is 31.2. The molecule has 0 radical (unpaired) electrons. The molecule has 0 aliphatic carbocycles. The van der Waals surface area contributed by atoms with Crippen LogP contribution in [-0.4, -0.2) is 68.5 Å². The number of amides is 1. The summed E-state index contributed by atoms with van der Waals surface area (Å²) >= 11 is 0. The third-order valence-corrected chi connectivity index (χ3v) is 12.9. The zero-order valence-electron chi connectivity index (χ0n) is 46.1. The maximum Gasteiger partial charge on any atom is 0.268 e. The number of phosphoric acid groups is 1. The van der Waals surface area contributed by atoms with Crippen LogP contribution in [0.1, 0.15) is 213 Å². The van der Waals surface area contributed by atoms with Gasteiger partial charge in [0.15, 0.2) is 0 Å². The second kappa shape index (κ2) is 51.8. The van der Waals surface area contributed by atoms with Gasteiger partial charge < -0.3 is 28.8 Å². The summed E-state index contributed by atoms with van der Waals surface area (Å²) in [6.07, 6.45) is 77.1. The Morgan fingerprint density at radius 1 is 0.507 bits per heavy atom. The molecule has 2 N–H and O–H groups in total. The molecule has 8 nitrogen and oxygen atoms in total. The van der Waals surface area contributed by atoms with E-state index in [-0.39, 0.29) is 18.9 Å². The number of allylic oxidation sites excluding steroid dienone is 19. The van der Waals surface area contributed by atoms with Gasteiger partial charge in [0.25, 0.3) is 7.82 Å². The Kier molecular flexibility index (Phi) is 49.5. The number of unbranched alkanes of at least 4 members (excludes halogenated alkanes) is 19. The summed E-state index contributed by atoms with van der Waals surface area (Å²) in [6.45, 7) is 4.47. The number of nitrogens with zero attached hydrogens (tertiary/aromatic N) is 1. The first kappa shape index (κ1) is 67.9. The van der Waals surface area contributed by atoms with E-state index in [0.29, 0.717) is 17.4 Å². The van der Waals surface area contributed by atoms with Gasteiger partial charge >= 0.3 is 0 Å². The number of nitrogens with one attached hydrogen (secondary N) is 1. The van der Waals surface area contributed by atoms with E-state index < -0.39 is 26.6 Å². The van der Waals surface area contributed by atoms with Gasteiger partial charge in [0.2, 0.25) is 5.91 Å². The Labute approximate surface area is 437 Å². The highest BCUT2D eigenvalue weighted by Gasteiger charge is 2.23. The number of carbonyl (C=O) groups excluding carboxylic acids is 1. The van der Waals surface area contributed by atoms with E-state index in [2.05, 4.69) is 129 Å². The molecular formula is C62H107N2O6P. The Morgan fingerprint density at radius 3 is 1.31 bits per heavy atom. The van der Waals surface area contributed by atoms with E-state index in [1.165, 1.54) is 103 Å². The lowest BCUT2D eigenvalue weighted by Crippen LogP contribution is -2.45. The van der Waals surface area contributed by atoms with Crippen LogP contribution >= 0.6 is 7.82 Å². The van der Waals surface area contributed by atoms with Gasteiger partial charge in [-0.25, -0.2) is 0 Å². The zero-order valence-corrected chi connectivity index (χ0v) is 47.0. The highest BCUT2D eigenvalue weighted by Crippen LogP contribution is 2.38. The van der Waals surface area contributed by atoms with Crippen molar-refractivity contribution in [1.29, 1.82) is 0 Å². The van der Waals surface area contributed by atoms with Crippen molar-refractivity contribution in [1.82, 2.24) is 5.32 Å². The van der Waals surface area contributed by atoms with E-state index in [9.17, 15) is 19.4 Å². The Balaban J connectivity index is 4.42. The van der Waals surface area contributed by atoms with Crippen LogP contribution in [0.5, 0.6) is 0 Å². The quantitative estimate of drug-likeness (QED) is 0.0272. The average molecular weight is 1010 g/mol. The van der Waals surface area contributed by atoms with Crippen molar-refractivity contribution in [2.24, 2.45) is 0 Å². The third-order valence-electron chi connectivity index (χ3n) is 11.9. The molecule has 0 aliphatic rings. The Bertz CT molecular complexity index is 1560. The molecule has 0 saturated carbocycles. The summed E-state index contributed by atoms with van der Waals surface area (Å²) in [7, 11) is 1.20. The lowest BCUT2D eigenvalue weighted by Gasteiger charge is -2.29. The van der Waals surface area contributed by atoms with Crippen LogP contribution in [0.4, 0.5) is 0 Å². The predicted molar refractivity (Wildman–Crippen MR) is 306 cm³/mol. The van der Waals surface area contributed by atoms with Gasteiger partial charge in [-0.1, -0.05) is 232 Å². The number of likely N-dealkylation sites (N-methyl/N-ethyl adjacent to an activating group) is 1. The molecule has 0 aromatic rings. The molecule has 3 unspecified atom stereocenters. The first-order valence-electron chi connectivity index (χ1n) is 28.4. The molecule has 0 fully saturated rings. The summed E-state index contributed by atoms with van der Waals surface area (Å²) in [6, 6.07) is -0.937. The van der Waals surface area contributed by atoms with E-state index in [1.54, 1.807) is 6.08 Å². The SMILES string of the molecule is CC/C=C\C/C=C\C/C=C\C/C=C\C/C=C\C/C=C\C/C=C\C/C=C\CCCCC(=O)NC(COP(=O)([O-])OCC[N+](C)(C)C)C(O)/C=C/CC/C=C/CCCCCCCCCCCCCCCCCC. The summed E-state index contributed by atoms with van der Waals surface area (Å²) < 4.78 is 23.3. The van der Waals surface area contributed by atoms with Crippen molar-refractivity contribution < 1.29 is 32.9 Å². The van der Waals surface area contributed by atoms with Crippen LogP contribution in [0, 0.1) is 0 Å². The van der Waals surface area contributed by atoms with Gasteiger partial charge in [-0.3, -0.25) is 9.36 Å². The van der Waals surface area contributed by atoms with Gasteiger partial charge in [0.1, 0.15) is 13.2 Å². The highest BCUT2D eigenvalue weighted by molar-refractivity contribution is 7.45. The minimum atomic E-state index is -4.63. The molecule has 0 saturated heterocycles. The summed E-state index contributed by atoms with van der Waals surface area (Å²) in [5.41, 5.74) is 0. The van der Waals surface area contributed by atoms with Crippen molar-refractivity contribution in [2.45, 2.75) is 225 Å². The fourth-order valence-electron chi connectivity index (χ4n) is 7.48. The molecule has 0 aromatic heterocycles. The monoisotopic (exact) mass is 1010 g/mol. The van der Waals surface area contributed by atoms with E-state index in [4.69, 9.17) is 9.05 Å². The summed E-state index contributed by atoms with van der Waals surface area (Å²) in [5, 5.41) is 13.8. The number of quaternary nitrogens is 1. The molecule has 0 rings (SSSR count). The molecule has 1 amide bonds. The molecule has 0 spiro atoms. The maximum atomic E-state index is 12.9. The van der Waals surface area contributed by atoms with Crippen LogP contribution in [0.25, 0.3) is 0 Å². The van der Waals surface area contributed by atoms with Crippen molar-refractivity contribution in [3.63, 3.8) is 0 Å². The van der Waals surface area contributed by atoms with Crippen molar-refractivity contribution in [3.05, 3.63) is 122 Å². The molecular weight excluding hydrogens is 900 g/mol. The largest absolute Gasteiger partial charge is 0.756 e. The third kappa shape index (κ3) is 54.5. The number of aliphatic hydroxyl groups is 1. The smallest absolute Gasteiger partial charge is 0.268 e. The van der Waals surface area contributed by atoms with Crippen LogP contribution in [0.2, 0.25) is 0 Å². The summed E-state index contributed by atoms with van der Waals surface area (Å²) in [4.78, 5) is 25.5. The van der Waals surface area contributed by atoms with Gasteiger partial charge in [0.05, 0.1) is 39.9 Å². The van der Waals surface area contributed by atoms with E-state index >= 15 is 0 Å².